The maximum Gasteiger partial charge on any atom is 0.387 e. The van der Waals surface area contributed by atoms with Crippen molar-refractivity contribution in [3.8, 4) is 28.5 Å². The van der Waals surface area contributed by atoms with Gasteiger partial charge in [-0.1, -0.05) is 66.7 Å². The van der Waals surface area contributed by atoms with Crippen molar-refractivity contribution in [1.82, 2.24) is 14.4 Å². The lowest BCUT2D eigenvalue weighted by Gasteiger charge is -2.40. The molecule has 0 aliphatic carbocycles. The first kappa shape index (κ1) is 43.2. The van der Waals surface area contributed by atoms with E-state index in [2.05, 4.69) is 11.0 Å². The van der Waals surface area contributed by atoms with Crippen molar-refractivity contribution in [2.24, 2.45) is 7.05 Å². The molecule has 0 saturated carbocycles. The number of fused-ring (bicyclic) bond motifs is 1. The maximum atomic E-state index is 15.1. The highest BCUT2D eigenvalue weighted by Crippen LogP contribution is 2.36. The Bertz CT molecular complexity index is 2560. The zero-order valence-electron chi connectivity index (χ0n) is 36.1. The molecule has 326 valence electrons. The van der Waals surface area contributed by atoms with Gasteiger partial charge in [0, 0.05) is 61.9 Å². The molecule has 6 aromatic rings. The molecule has 1 atom stereocenters. The van der Waals surface area contributed by atoms with Crippen molar-refractivity contribution in [3.63, 3.8) is 0 Å². The Morgan fingerprint density at radius 1 is 0.825 bits per heavy atom. The minimum Gasteiger partial charge on any atom is -0.496 e. The number of rotatable bonds is 14. The van der Waals surface area contributed by atoms with E-state index in [4.69, 9.17) is 18.9 Å². The van der Waals surface area contributed by atoms with Gasteiger partial charge in [0.2, 0.25) is 0 Å². The molecule has 10 nitrogen and oxygen atoms in total. The van der Waals surface area contributed by atoms with Gasteiger partial charge in [0.05, 0.1) is 38.0 Å². The fourth-order valence-corrected chi connectivity index (χ4v) is 8.61. The van der Waals surface area contributed by atoms with E-state index in [1.165, 1.54) is 17.7 Å². The molecule has 8 rings (SSSR count). The number of morpholine rings is 1. The van der Waals surface area contributed by atoms with E-state index in [9.17, 15) is 8.78 Å². The lowest BCUT2D eigenvalue weighted by atomic mass is 9.92. The van der Waals surface area contributed by atoms with E-state index in [-0.39, 0.29) is 35.7 Å². The molecule has 0 bridgehead atoms. The number of anilines is 1. The van der Waals surface area contributed by atoms with Crippen molar-refractivity contribution < 1.29 is 37.3 Å². The first-order chi connectivity index (χ1) is 30.6. The Labute approximate surface area is 367 Å². The number of halogens is 2. The van der Waals surface area contributed by atoms with Crippen LogP contribution in [0.5, 0.6) is 17.2 Å². The number of carbonyl (C=O) groups is 2. The Balaban J connectivity index is 1.16. The lowest BCUT2D eigenvalue weighted by molar-refractivity contribution is -0.0499. The van der Waals surface area contributed by atoms with Gasteiger partial charge in [0.1, 0.15) is 23.9 Å². The smallest absolute Gasteiger partial charge is 0.387 e. The molecule has 0 radical (unpaired) electrons. The normalized spacial score (nSPS) is 15.2. The zero-order chi connectivity index (χ0) is 44.0. The van der Waals surface area contributed by atoms with Crippen molar-refractivity contribution in [1.29, 1.82) is 0 Å². The quantitative estimate of drug-likeness (QED) is 0.108. The highest BCUT2D eigenvalue weighted by atomic mass is 19.3. The van der Waals surface area contributed by atoms with Crippen LogP contribution >= 0.6 is 0 Å². The van der Waals surface area contributed by atoms with Gasteiger partial charge >= 0.3 is 6.61 Å². The molecule has 2 aliphatic rings. The maximum absolute atomic E-state index is 15.1. The van der Waals surface area contributed by atoms with Crippen molar-refractivity contribution >= 4 is 17.5 Å². The average Bonchev–Trinajstić information content (AvgIpc) is 3.60. The number of aromatic nitrogens is 1. The third kappa shape index (κ3) is 9.62. The van der Waals surface area contributed by atoms with Crippen LogP contribution in [-0.2, 0) is 37.9 Å². The molecule has 0 spiro atoms. The molecule has 2 aliphatic heterocycles. The first-order valence-electron chi connectivity index (χ1n) is 21.2. The van der Waals surface area contributed by atoms with Crippen molar-refractivity contribution in [2.45, 2.75) is 52.6 Å². The number of nitrogens with zero attached hydrogens (tertiary/aromatic N) is 4. The minimum absolute atomic E-state index is 0.127. The minimum atomic E-state index is -3.08. The SMILES string of the molecule is COc1cccc(CN(C(=O)c2cc(-c3ccc(OC(F)F)cc3C(=O)N3Cc4ccccc4CC3CN3CCOCC3)n(C)c2C)c2ccc(OCc3ccccc3)cc2)c1C. The highest BCUT2D eigenvalue weighted by Gasteiger charge is 2.34. The number of methoxy groups -OCH3 is 1. The van der Waals surface area contributed by atoms with Gasteiger partial charge in [0.25, 0.3) is 11.8 Å². The number of ether oxygens (including phenoxy) is 4. The Morgan fingerprint density at radius 2 is 1.54 bits per heavy atom. The fraction of sp³-hybridized carbons (Fsp3) is 0.294. The summed E-state index contributed by atoms with van der Waals surface area (Å²) in [5, 5.41) is 0. The monoisotopic (exact) mass is 854 g/mol. The molecule has 12 heteroatoms. The zero-order valence-corrected chi connectivity index (χ0v) is 36.1. The molecule has 5 aromatic carbocycles. The topological polar surface area (TPSA) is 85.7 Å². The van der Waals surface area contributed by atoms with Crippen LogP contribution in [0, 0.1) is 13.8 Å². The predicted molar refractivity (Wildman–Crippen MR) is 239 cm³/mol. The molecule has 3 heterocycles. The molecule has 2 amide bonds. The molecule has 1 fully saturated rings. The number of benzene rings is 5. The van der Waals surface area contributed by atoms with Gasteiger partial charge in [-0.2, -0.15) is 8.78 Å². The van der Waals surface area contributed by atoms with Crippen LogP contribution < -0.4 is 19.1 Å². The van der Waals surface area contributed by atoms with Crippen LogP contribution in [0.3, 0.4) is 0 Å². The summed E-state index contributed by atoms with van der Waals surface area (Å²) in [6.07, 6.45) is 0.645. The lowest BCUT2D eigenvalue weighted by Crippen LogP contribution is -2.52. The molecule has 0 N–H and O–H groups in total. The van der Waals surface area contributed by atoms with Crippen molar-refractivity contribution in [3.05, 3.63) is 166 Å². The van der Waals surface area contributed by atoms with Crippen LogP contribution in [0.15, 0.2) is 121 Å². The molecule has 1 saturated heterocycles. The second-order valence-corrected chi connectivity index (χ2v) is 16.1. The van der Waals surface area contributed by atoms with Gasteiger partial charge in [-0.05, 0) is 103 Å². The number of hydrogen-bond acceptors (Lipinski definition) is 7. The van der Waals surface area contributed by atoms with E-state index < -0.39 is 6.61 Å². The molecule has 1 unspecified atom stereocenters. The first-order valence-corrected chi connectivity index (χ1v) is 21.2. The number of carbonyl (C=O) groups excluding carboxylic acids is 2. The third-order valence-corrected chi connectivity index (χ3v) is 12.3. The largest absolute Gasteiger partial charge is 0.496 e. The van der Waals surface area contributed by atoms with E-state index in [0.29, 0.717) is 79.0 Å². The fourth-order valence-electron chi connectivity index (χ4n) is 8.61. The average molecular weight is 855 g/mol. The summed E-state index contributed by atoms with van der Waals surface area (Å²) in [7, 11) is 3.46. The Kier molecular flexibility index (Phi) is 13.2. The number of alkyl halides is 2. The van der Waals surface area contributed by atoms with Gasteiger partial charge in [-0.25, -0.2) is 0 Å². The molecular weight excluding hydrogens is 803 g/mol. The summed E-state index contributed by atoms with van der Waals surface area (Å²) in [5.74, 6) is 0.667. The molecular formula is C51H52F2N4O6. The molecule has 1 aromatic heterocycles. The van der Waals surface area contributed by atoms with Gasteiger partial charge in [-0.3, -0.25) is 14.5 Å². The Hall–Kier alpha value is -6.50. The van der Waals surface area contributed by atoms with Crippen LogP contribution in [0.4, 0.5) is 14.5 Å². The van der Waals surface area contributed by atoms with Crippen LogP contribution in [0.2, 0.25) is 0 Å². The third-order valence-electron chi connectivity index (χ3n) is 12.3. The second-order valence-electron chi connectivity index (χ2n) is 16.1. The summed E-state index contributed by atoms with van der Waals surface area (Å²) < 4.78 is 51.5. The second kappa shape index (κ2) is 19.3. The van der Waals surface area contributed by atoms with E-state index in [1.54, 1.807) is 24.1 Å². The highest BCUT2D eigenvalue weighted by molar-refractivity contribution is 6.08. The van der Waals surface area contributed by atoms with E-state index >= 15 is 9.59 Å². The summed E-state index contributed by atoms with van der Waals surface area (Å²) in [6.45, 7) is 5.12. The summed E-state index contributed by atoms with van der Waals surface area (Å²) >= 11 is 0. The van der Waals surface area contributed by atoms with E-state index in [0.717, 1.165) is 35.3 Å². The van der Waals surface area contributed by atoms with Gasteiger partial charge < -0.3 is 33.3 Å². The summed E-state index contributed by atoms with van der Waals surface area (Å²) in [4.78, 5) is 36.1. The predicted octanol–water partition coefficient (Wildman–Crippen LogP) is 9.24. The van der Waals surface area contributed by atoms with Crippen LogP contribution in [0.1, 0.15) is 54.2 Å². The van der Waals surface area contributed by atoms with E-state index in [1.807, 2.05) is 121 Å². The Morgan fingerprint density at radius 3 is 2.27 bits per heavy atom. The van der Waals surface area contributed by atoms with Crippen LogP contribution in [0.25, 0.3) is 11.3 Å². The van der Waals surface area contributed by atoms with Gasteiger partial charge in [-0.15, -0.1) is 0 Å². The summed E-state index contributed by atoms with van der Waals surface area (Å²) in [6, 6.07) is 37.3. The van der Waals surface area contributed by atoms with Crippen molar-refractivity contribution in [2.75, 3.05) is 44.9 Å². The number of amides is 2. The number of hydrogen-bond donors (Lipinski definition) is 0. The molecule has 63 heavy (non-hydrogen) atoms. The van der Waals surface area contributed by atoms with Crippen LogP contribution in [-0.4, -0.2) is 78.8 Å². The standard InChI is InChI=1S/C51H52F2N4O6/c1-34-38(15-10-16-48(34)60-4)30-56(40-17-19-42(20-18-40)62-33-36-11-6-5-7-12-36)49(58)45-29-47(54(3)35(45)2)44-22-21-43(63-51(52)53)28-46(44)50(59)57-31-39-14-9-8-13-37(39)27-41(57)32-55-23-25-61-26-24-55/h5-22,28-29,41,51H,23-27,30-33H2,1-4H3. The van der Waals surface area contributed by atoms with Gasteiger partial charge in [0.15, 0.2) is 0 Å². The summed E-state index contributed by atoms with van der Waals surface area (Å²) in [5.41, 5.74) is 8.07.